The monoisotopic (exact) mass is 594 g/mol. The summed E-state index contributed by atoms with van der Waals surface area (Å²) in [4.78, 5) is 13.3. The molecule has 0 spiro atoms. The number of carbonyl (C=O) groups is 1. The van der Waals surface area contributed by atoms with Crippen LogP contribution >= 0.6 is 0 Å². The van der Waals surface area contributed by atoms with E-state index in [0.29, 0.717) is 0 Å². The molecule has 0 radical (unpaired) electrons. The van der Waals surface area contributed by atoms with E-state index in [0.717, 1.165) is 6.08 Å². The van der Waals surface area contributed by atoms with Gasteiger partial charge < -0.3 is 29.0 Å². The molecule has 1 aliphatic heterocycles. The van der Waals surface area contributed by atoms with Crippen LogP contribution in [0, 0.1) is 0 Å². The van der Waals surface area contributed by atoms with Crippen LogP contribution in [0.3, 0.4) is 0 Å². The van der Waals surface area contributed by atoms with Crippen molar-refractivity contribution < 1.29 is 41.1 Å². The van der Waals surface area contributed by atoms with Crippen molar-refractivity contribution >= 4 is 25.0 Å². The first-order chi connectivity index (χ1) is 19.3. The Bertz CT molecular complexity index is 1260. The van der Waals surface area contributed by atoms with E-state index in [-0.39, 0.29) is 36.5 Å². The molecule has 1 amide bonds. The quantitative estimate of drug-likeness (QED) is 0.182. The number of hydrogen-bond donors (Lipinski definition) is 1. The Morgan fingerprint density at radius 1 is 1.02 bits per heavy atom. The third kappa shape index (κ3) is 8.41. The summed E-state index contributed by atoms with van der Waals surface area (Å²) in [6.45, 7) is 12.4. The summed E-state index contributed by atoms with van der Waals surface area (Å²) in [6.07, 6.45) is -4.21. The number of nitrogens with one attached hydrogen (secondary N) is 1. The Morgan fingerprint density at radius 3 is 2.17 bits per heavy atom. The number of para-hydroxylation sites is 1. The van der Waals surface area contributed by atoms with Gasteiger partial charge in [0.15, 0.2) is 0 Å². The highest BCUT2D eigenvalue weighted by Gasteiger charge is 2.53. The third-order valence-electron chi connectivity index (χ3n) is 6.92. The zero-order chi connectivity index (χ0) is 31.5. The molecule has 0 aliphatic carbocycles. The van der Waals surface area contributed by atoms with Gasteiger partial charge in [-0.05, 0) is 85.2 Å². The molecule has 0 bridgehead atoms. The molecule has 42 heavy (non-hydrogen) atoms. The molecular weight excluding hydrogens is 555 g/mol. The van der Waals surface area contributed by atoms with E-state index in [9.17, 15) is 18.0 Å². The number of carbonyl (C=O) groups excluding carboxylic acids is 1. The molecular formula is C30H39BF4N2O5. The van der Waals surface area contributed by atoms with Gasteiger partial charge in [0.1, 0.15) is 28.4 Å². The smallest absolute Gasteiger partial charge is 0.457 e. The largest absolute Gasteiger partial charge is 0.525 e. The van der Waals surface area contributed by atoms with E-state index in [4.69, 9.17) is 18.8 Å². The van der Waals surface area contributed by atoms with E-state index in [1.165, 1.54) is 36.2 Å². The standard InChI is InChI=1S/C30H39BF4N2O5/c1-27(2,3)40-26(38)36-17-12-18-37(8)25-20(19-23(32)31-41-28(4,5)29(6,7)42-31)15-16-22(24(25)30(33,34)35)39-21-13-10-9-11-14-21/h9-11,13-16,19H,12,17-18H2,1-8H3,(H,36,38)/b23-19-. The van der Waals surface area contributed by atoms with Gasteiger partial charge in [-0.15, -0.1) is 0 Å². The molecule has 1 N–H and O–H groups in total. The number of alkyl halides is 3. The van der Waals surface area contributed by atoms with Gasteiger partial charge in [0, 0.05) is 25.7 Å². The van der Waals surface area contributed by atoms with Gasteiger partial charge in [-0.2, -0.15) is 13.2 Å². The molecule has 1 aliphatic rings. The lowest BCUT2D eigenvalue weighted by Gasteiger charge is -2.32. The SMILES string of the molecule is CN(CCCNC(=O)OC(C)(C)C)c1c(/C=C(\F)B2OC(C)(C)C(C)(C)O2)ccc(Oc2ccccc2)c1C(F)(F)F. The van der Waals surface area contributed by atoms with Crippen molar-refractivity contribution in [3.05, 3.63) is 59.3 Å². The number of ether oxygens (including phenoxy) is 2. The summed E-state index contributed by atoms with van der Waals surface area (Å²) >= 11 is 0. The Morgan fingerprint density at radius 2 is 1.62 bits per heavy atom. The molecule has 1 saturated heterocycles. The minimum Gasteiger partial charge on any atom is -0.457 e. The fraction of sp³-hybridized carbons (Fsp3) is 0.500. The number of rotatable bonds is 9. The maximum Gasteiger partial charge on any atom is 0.525 e. The van der Waals surface area contributed by atoms with E-state index in [1.54, 1.807) is 66.7 Å². The van der Waals surface area contributed by atoms with Gasteiger partial charge in [-0.1, -0.05) is 18.2 Å². The summed E-state index contributed by atoms with van der Waals surface area (Å²) in [7, 11) is 0.0785. The Kier molecular flexibility index (Phi) is 9.94. The van der Waals surface area contributed by atoms with Gasteiger partial charge in [0.2, 0.25) is 0 Å². The van der Waals surface area contributed by atoms with Crippen molar-refractivity contribution in [1.82, 2.24) is 5.32 Å². The first kappa shape index (κ1) is 33.3. The number of amides is 1. The maximum atomic E-state index is 15.5. The minimum absolute atomic E-state index is 0.0439. The Hall–Kier alpha value is -3.25. The van der Waals surface area contributed by atoms with Crippen molar-refractivity contribution in [1.29, 1.82) is 0 Å². The van der Waals surface area contributed by atoms with Crippen molar-refractivity contribution in [2.75, 3.05) is 25.0 Å². The molecule has 1 fully saturated rings. The number of anilines is 1. The number of nitrogens with zero attached hydrogens (tertiary/aromatic N) is 1. The predicted octanol–water partition coefficient (Wildman–Crippen LogP) is 7.79. The lowest BCUT2D eigenvalue weighted by molar-refractivity contribution is -0.138. The van der Waals surface area contributed by atoms with Crippen LogP contribution in [0.2, 0.25) is 0 Å². The van der Waals surface area contributed by atoms with Crippen molar-refractivity contribution in [2.24, 2.45) is 0 Å². The molecule has 7 nitrogen and oxygen atoms in total. The molecule has 0 unspecified atom stereocenters. The predicted molar refractivity (Wildman–Crippen MR) is 155 cm³/mol. The average Bonchev–Trinajstić information content (AvgIpc) is 3.08. The van der Waals surface area contributed by atoms with Gasteiger partial charge in [-0.3, -0.25) is 0 Å². The van der Waals surface area contributed by atoms with Crippen LogP contribution in [0.25, 0.3) is 6.08 Å². The molecule has 3 rings (SSSR count). The average molecular weight is 594 g/mol. The second kappa shape index (κ2) is 12.5. The maximum absolute atomic E-state index is 15.5. The highest BCUT2D eigenvalue weighted by atomic mass is 19.4. The summed E-state index contributed by atoms with van der Waals surface area (Å²) in [6, 6.07) is 10.6. The molecule has 230 valence electrons. The van der Waals surface area contributed by atoms with Crippen LogP contribution in [0.4, 0.5) is 28.0 Å². The van der Waals surface area contributed by atoms with E-state index >= 15 is 4.39 Å². The van der Waals surface area contributed by atoms with Crippen LogP contribution in [-0.4, -0.2) is 50.2 Å². The Labute approximate surface area is 245 Å². The highest BCUT2D eigenvalue weighted by molar-refractivity contribution is 6.54. The summed E-state index contributed by atoms with van der Waals surface area (Å²) in [5.74, 6) is -0.222. The zero-order valence-electron chi connectivity index (χ0n) is 25.3. The molecule has 0 saturated carbocycles. The summed E-state index contributed by atoms with van der Waals surface area (Å²) < 4.78 is 82.0. The fourth-order valence-corrected chi connectivity index (χ4v) is 4.20. The van der Waals surface area contributed by atoms with E-state index < -0.39 is 53.2 Å². The van der Waals surface area contributed by atoms with Gasteiger partial charge >= 0.3 is 19.4 Å². The first-order valence-electron chi connectivity index (χ1n) is 13.7. The second-order valence-electron chi connectivity index (χ2n) is 12.1. The molecule has 2 aromatic carbocycles. The van der Waals surface area contributed by atoms with E-state index in [2.05, 4.69) is 5.32 Å². The number of halogens is 4. The summed E-state index contributed by atoms with van der Waals surface area (Å²) in [5.41, 5.74) is -4.64. The Balaban J connectivity index is 1.99. The van der Waals surface area contributed by atoms with Crippen LogP contribution < -0.4 is 15.0 Å². The van der Waals surface area contributed by atoms with Crippen molar-refractivity contribution in [2.45, 2.75) is 77.9 Å². The fourth-order valence-electron chi connectivity index (χ4n) is 4.20. The molecule has 2 aromatic rings. The first-order valence-corrected chi connectivity index (χ1v) is 13.7. The second-order valence-corrected chi connectivity index (χ2v) is 12.1. The van der Waals surface area contributed by atoms with Crippen LogP contribution in [0.5, 0.6) is 11.5 Å². The molecule has 12 heteroatoms. The zero-order valence-corrected chi connectivity index (χ0v) is 25.3. The van der Waals surface area contributed by atoms with Crippen LogP contribution in [0.1, 0.15) is 66.0 Å². The van der Waals surface area contributed by atoms with E-state index in [1.807, 2.05) is 0 Å². The molecule has 0 atom stereocenters. The van der Waals surface area contributed by atoms with Crippen molar-refractivity contribution in [3.63, 3.8) is 0 Å². The van der Waals surface area contributed by atoms with Crippen LogP contribution in [0.15, 0.2) is 48.2 Å². The minimum atomic E-state index is -4.85. The topological polar surface area (TPSA) is 69.3 Å². The third-order valence-corrected chi connectivity index (χ3v) is 6.92. The lowest BCUT2D eigenvalue weighted by atomic mass is 9.86. The van der Waals surface area contributed by atoms with Crippen LogP contribution in [-0.2, 0) is 20.2 Å². The van der Waals surface area contributed by atoms with Gasteiger partial charge in [0.25, 0.3) is 0 Å². The number of alkyl carbamates (subject to hydrolysis) is 1. The summed E-state index contributed by atoms with van der Waals surface area (Å²) in [5, 5.41) is 2.59. The molecule has 1 heterocycles. The number of hydrogen-bond acceptors (Lipinski definition) is 6. The van der Waals surface area contributed by atoms with Gasteiger partial charge in [0.05, 0.1) is 16.9 Å². The number of benzene rings is 2. The van der Waals surface area contributed by atoms with Crippen molar-refractivity contribution in [3.8, 4) is 11.5 Å². The van der Waals surface area contributed by atoms with Gasteiger partial charge in [-0.25, -0.2) is 9.18 Å². The highest BCUT2D eigenvalue weighted by Crippen LogP contribution is 2.47. The lowest BCUT2D eigenvalue weighted by Crippen LogP contribution is -2.41. The normalized spacial score (nSPS) is 16.8. The molecule has 0 aromatic heterocycles.